The number of nitrogens with one attached hydrogen (secondary N) is 2. The topological polar surface area (TPSA) is 92.3 Å². The molecule has 1 aliphatic carbocycles. The van der Waals surface area contributed by atoms with Crippen molar-refractivity contribution in [2.24, 2.45) is 0 Å². The third kappa shape index (κ3) is 4.33. The Hall–Kier alpha value is -0.860. The van der Waals surface area contributed by atoms with Crippen LogP contribution in [0.3, 0.4) is 0 Å². The normalized spacial score (nSPS) is 24.5. The van der Waals surface area contributed by atoms with Crippen LogP contribution >= 0.6 is 0 Å². The fourth-order valence-corrected chi connectivity index (χ4v) is 3.19. The number of rotatable bonds is 4. The van der Waals surface area contributed by atoms with E-state index in [1.54, 1.807) is 0 Å². The molecule has 0 aliphatic heterocycles. The van der Waals surface area contributed by atoms with Crippen LogP contribution in [0.25, 0.3) is 0 Å². The van der Waals surface area contributed by atoms with E-state index in [0.29, 0.717) is 0 Å². The molecule has 0 aromatic carbocycles. The maximum atomic E-state index is 12.3. The van der Waals surface area contributed by atoms with Gasteiger partial charge in [-0.1, -0.05) is 12.2 Å². The number of hydrogen-bond donors (Lipinski definition) is 2. The molecule has 6 nitrogen and oxygen atoms in total. The fraction of sp³-hybridized carbons (Fsp3) is 0.750. The van der Waals surface area contributed by atoms with E-state index in [1.165, 1.54) is 12.2 Å². The number of halogens is 6. The minimum absolute atomic E-state index is 0.402. The molecule has 2 unspecified atom stereocenters. The Bertz CT molecular complexity index is 581. The Kier molecular flexibility index (Phi) is 5.21. The highest BCUT2D eigenvalue weighted by atomic mass is 32.2. The summed E-state index contributed by atoms with van der Waals surface area (Å²) in [6.07, 6.45) is 1.64. The molecule has 1 aliphatic rings. The molecule has 0 saturated heterocycles. The molecule has 0 aromatic rings. The molecular formula is C8H10F6N2O4S2. The summed E-state index contributed by atoms with van der Waals surface area (Å²) in [5.74, 6) is 0. The van der Waals surface area contributed by atoms with Crippen molar-refractivity contribution in [3.63, 3.8) is 0 Å². The number of sulfonamides is 2. The molecular weight excluding hydrogens is 366 g/mol. The summed E-state index contributed by atoms with van der Waals surface area (Å²) in [7, 11) is -11.6. The van der Waals surface area contributed by atoms with Crippen molar-refractivity contribution in [3.8, 4) is 0 Å². The SMILES string of the molecule is O=S(=O)(NC1CC=CCC1NS(=O)(=O)C(F)(F)F)C(F)(F)F. The van der Waals surface area contributed by atoms with Gasteiger partial charge >= 0.3 is 31.1 Å². The van der Waals surface area contributed by atoms with Crippen LogP contribution in [0.15, 0.2) is 12.2 Å². The second-order valence-electron chi connectivity index (χ2n) is 4.29. The molecule has 14 heteroatoms. The summed E-state index contributed by atoms with van der Waals surface area (Å²) < 4.78 is 120. The van der Waals surface area contributed by atoms with Gasteiger partial charge in [-0.15, -0.1) is 0 Å². The molecule has 0 bridgehead atoms. The lowest BCUT2D eigenvalue weighted by Crippen LogP contribution is -2.56. The second kappa shape index (κ2) is 5.98. The standard InChI is InChI=1S/C8H10F6N2O4S2/c9-7(10,11)21(17,18)15-5-3-1-2-4-6(5)16-22(19,20)8(12,13)14/h1-2,5-6,15-16H,3-4H2. The van der Waals surface area contributed by atoms with Crippen molar-refractivity contribution in [2.45, 2.75) is 35.9 Å². The van der Waals surface area contributed by atoms with Gasteiger partial charge in [0, 0.05) is 12.1 Å². The molecule has 0 aromatic heterocycles. The summed E-state index contributed by atoms with van der Waals surface area (Å²) in [5, 5.41) is 0. The van der Waals surface area contributed by atoms with Gasteiger partial charge in [-0.25, -0.2) is 26.3 Å². The van der Waals surface area contributed by atoms with E-state index in [0.717, 1.165) is 9.44 Å². The van der Waals surface area contributed by atoms with Crippen molar-refractivity contribution >= 4 is 20.0 Å². The van der Waals surface area contributed by atoms with Gasteiger partial charge in [-0.3, -0.25) is 0 Å². The van der Waals surface area contributed by atoms with Crippen LogP contribution in [-0.4, -0.2) is 39.9 Å². The van der Waals surface area contributed by atoms with Crippen LogP contribution < -0.4 is 9.44 Å². The monoisotopic (exact) mass is 376 g/mol. The third-order valence-electron chi connectivity index (χ3n) is 2.65. The van der Waals surface area contributed by atoms with Crippen LogP contribution in [0.1, 0.15) is 12.8 Å². The smallest absolute Gasteiger partial charge is 0.203 e. The fourth-order valence-electron chi connectivity index (χ4n) is 1.61. The van der Waals surface area contributed by atoms with Crippen LogP contribution in [-0.2, 0) is 20.0 Å². The first-order valence-electron chi connectivity index (χ1n) is 5.49. The molecule has 2 atom stereocenters. The van der Waals surface area contributed by atoms with Crippen molar-refractivity contribution in [3.05, 3.63) is 12.2 Å². The third-order valence-corrected chi connectivity index (χ3v) is 5.10. The number of hydrogen-bond acceptors (Lipinski definition) is 4. The maximum Gasteiger partial charge on any atom is 0.511 e. The zero-order valence-electron chi connectivity index (χ0n) is 10.4. The van der Waals surface area contributed by atoms with Crippen LogP contribution in [0, 0.1) is 0 Å². The van der Waals surface area contributed by atoms with Gasteiger partial charge in [0.25, 0.3) is 0 Å². The first kappa shape index (κ1) is 19.2. The molecule has 0 spiro atoms. The first-order chi connectivity index (χ1) is 9.67. The van der Waals surface area contributed by atoms with Gasteiger partial charge in [0.1, 0.15) is 0 Å². The van der Waals surface area contributed by atoms with Gasteiger partial charge in [-0.05, 0) is 12.8 Å². The Balaban J connectivity index is 2.98. The van der Waals surface area contributed by atoms with Crippen LogP contribution in [0.4, 0.5) is 26.3 Å². The van der Waals surface area contributed by atoms with Gasteiger partial charge in [-0.2, -0.15) is 26.3 Å². The Morgan fingerprint density at radius 3 is 1.23 bits per heavy atom. The van der Waals surface area contributed by atoms with E-state index >= 15 is 0 Å². The summed E-state index contributed by atoms with van der Waals surface area (Å²) in [4.78, 5) is 0. The Morgan fingerprint density at radius 2 is 1.00 bits per heavy atom. The molecule has 2 N–H and O–H groups in total. The molecule has 0 radical (unpaired) electrons. The Morgan fingerprint density at radius 1 is 0.727 bits per heavy atom. The minimum Gasteiger partial charge on any atom is -0.203 e. The molecule has 22 heavy (non-hydrogen) atoms. The first-order valence-corrected chi connectivity index (χ1v) is 8.46. The molecule has 0 heterocycles. The van der Waals surface area contributed by atoms with E-state index in [-0.39, 0.29) is 0 Å². The largest absolute Gasteiger partial charge is 0.511 e. The summed E-state index contributed by atoms with van der Waals surface area (Å²) in [5.41, 5.74) is -11.3. The van der Waals surface area contributed by atoms with Crippen molar-refractivity contribution in [1.82, 2.24) is 9.44 Å². The number of alkyl halides is 6. The molecule has 130 valence electrons. The van der Waals surface area contributed by atoms with Gasteiger partial charge in [0.15, 0.2) is 0 Å². The molecule has 0 saturated carbocycles. The van der Waals surface area contributed by atoms with Crippen LogP contribution in [0.2, 0.25) is 0 Å². The van der Waals surface area contributed by atoms with Crippen LogP contribution in [0.5, 0.6) is 0 Å². The second-order valence-corrected chi connectivity index (χ2v) is 7.70. The zero-order chi connectivity index (χ0) is 17.4. The maximum absolute atomic E-state index is 12.3. The van der Waals surface area contributed by atoms with Gasteiger partial charge < -0.3 is 0 Å². The predicted octanol–water partition coefficient (Wildman–Crippen LogP) is 0.952. The Labute approximate surface area is 121 Å². The quantitative estimate of drug-likeness (QED) is 0.565. The van der Waals surface area contributed by atoms with E-state index in [4.69, 9.17) is 0 Å². The lowest BCUT2D eigenvalue weighted by molar-refractivity contribution is -0.0465. The van der Waals surface area contributed by atoms with Crippen molar-refractivity contribution in [1.29, 1.82) is 0 Å². The highest BCUT2D eigenvalue weighted by Gasteiger charge is 2.50. The highest BCUT2D eigenvalue weighted by molar-refractivity contribution is 7.90. The molecule has 0 fully saturated rings. The molecule has 1 rings (SSSR count). The predicted molar refractivity (Wildman–Crippen MR) is 62.2 cm³/mol. The summed E-state index contributed by atoms with van der Waals surface area (Å²) in [6.45, 7) is 0. The van der Waals surface area contributed by atoms with Gasteiger partial charge in [0.05, 0.1) is 0 Å². The average Bonchev–Trinajstić information content (AvgIpc) is 2.28. The van der Waals surface area contributed by atoms with Crippen molar-refractivity contribution < 1.29 is 43.2 Å². The summed E-state index contributed by atoms with van der Waals surface area (Å²) >= 11 is 0. The van der Waals surface area contributed by atoms with E-state index in [9.17, 15) is 43.2 Å². The van der Waals surface area contributed by atoms with Gasteiger partial charge in [0.2, 0.25) is 0 Å². The summed E-state index contributed by atoms with van der Waals surface area (Å²) in [6, 6.07) is -3.40. The van der Waals surface area contributed by atoms with E-state index in [2.05, 4.69) is 0 Å². The lowest BCUT2D eigenvalue weighted by atomic mass is 9.98. The zero-order valence-corrected chi connectivity index (χ0v) is 12.1. The molecule has 0 amide bonds. The van der Waals surface area contributed by atoms with Crippen molar-refractivity contribution in [2.75, 3.05) is 0 Å². The van der Waals surface area contributed by atoms with E-state index in [1.807, 2.05) is 0 Å². The average molecular weight is 376 g/mol. The lowest BCUT2D eigenvalue weighted by Gasteiger charge is -2.30. The highest BCUT2D eigenvalue weighted by Crippen LogP contribution is 2.26. The van der Waals surface area contributed by atoms with E-state index < -0.39 is 56.0 Å². The minimum atomic E-state index is -5.82.